The smallest absolute Gasteiger partial charge is 0.306 e. The molecule has 0 bridgehead atoms. The molecule has 0 aliphatic rings. The Kier molecular flexibility index (Phi) is 18.6. The molecule has 0 amide bonds. The summed E-state index contributed by atoms with van der Waals surface area (Å²) in [6.07, 6.45) is 10.3. The van der Waals surface area contributed by atoms with Crippen LogP contribution < -0.4 is 4.89 Å². The number of phosphoric ester groups is 1. The Morgan fingerprint density at radius 3 is 2.06 bits per heavy atom. The molecule has 2 atom stereocenters. The van der Waals surface area contributed by atoms with Crippen LogP contribution >= 0.6 is 7.82 Å². The predicted octanol–water partition coefficient (Wildman–Crippen LogP) is 4.45. The molecular weight excluding hydrogens is 433 g/mol. The average molecular weight is 482 g/mol. The van der Waals surface area contributed by atoms with Crippen molar-refractivity contribution in [1.82, 2.24) is 0 Å². The zero-order valence-electron chi connectivity index (χ0n) is 21.1. The second-order valence-electron chi connectivity index (χ2n) is 9.36. The van der Waals surface area contributed by atoms with E-state index in [0.29, 0.717) is 24.1 Å². The maximum Gasteiger partial charge on any atom is 0.306 e. The van der Waals surface area contributed by atoms with Gasteiger partial charge in [0.2, 0.25) is 0 Å². The summed E-state index contributed by atoms with van der Waals surface area (Å²) in [4.78, 5) is 24.2. The highest BCUT2D eigenvalue weighted by Crippen LogP contribution is 2.38. The van der Waals surface area contributed by atoms with Crippen molar-refractivity contribution in [2.75, 3.05) is 54.1 Å². The quantitative estimate of drug-likeness (QED) is 0.0975. The van der Waals surface area contributed by atoms with E-state index in [1.807, 2.05) is 21.1 Å². The molecule has 0 N–H and O–H groups in total. The van der Waals surface area contributed by atoms with E-state index in [-0.39, 0.29) is 25.8 Å². The maximum atomic E-state index is 12.1. The first-order valence-corrected chi connectivity index (χ1v) is 13.7. The molecule has 0 aromatic carbocycles. The zero-order valence-corrected chi connectivity index (χ0v) is 22.0. The molecular formula is C23H48NO7P. The van der Waals surface area contributed by atoms with Crippen LogP contribution in [0.4, 0.5) is 0 Å². The van der Waals surface area contributed by atoms with Crippen molar-refractivity contribution in [1.29, 1.82) is 0 Å². The minimum absolute atomic E-state index is 0.0285. The van der Waals surface area contributed by atoms with Gasteiger partial charge in [-0.15, -0.1) is 0 Å². The van der Waals surface area contributed by atoms with E-state index < -0.39 is 13.9 Å². The number of quaternary nitrogens is 1. The molecule has 0 aromatic rings. The molecule has 192 valence electrons. The van der Waals surface area contributed by atoms with Gasteiger partial charge in [-0.25, -0.2) is 0 Å². The summed E-state index contributed by atoms with van der Waals surface area (Å²) in [5, 5.41) is 0. The average Bonchev–Trinajstić information content (AvgIpc) is 2.70. The molecule has 0 aliphatic carbocycles. The lowest BCUT2D eigenvalue weighted by atomic mass is 10.1. The number of esters is 1. The minimum Gasteiger partial charge on any atom is -0.756 e. The van der Waals surface area contributed by atoms with Crippen molar-refractivity contribution >= 4 is 13.8 Å². The van der Waals surface area contributed by atoms with Crippen molar-refractivity contribution in [2.24, 2.45) is 0 Å². The summed E-state index contributed by atoms with van der Waals surface area (Å²) in [7, 11) is 1.35. The van der Waals surface area contributed by atoms with Gasteiger partial charge in [-0.3, -0.25) is 9.36 Å². The van der Waals surface area contributed by atoms with Gasteiger partial charge in [0.1, 0.15) is 19.3 Å². The van der Waals surface area contributed by atoms with Crippen LogP contribution in [0.15, 0.2) is 0 Å². The molecule has 0 rings (SSSR count). The van der Waals surface area contributed by atoms with Crippen molar-refractivity contribution in [3.05, 3.63) is 0 Å². The van der Waals surface area contributed by atoms with Gasteiger partial charge in [0, 0.05) is 13.0 Å². The molecule has 0 saturated carbocycles. The number of ether oxygens (including phenoxy) is 2. The first kappa shape index (κ1) is 31.5. The van der Waals surface area contributed by atoms with Gasteiger partial charge in [-0.1, -0.05) is 65.2 Å². The van der Waals surface area contributed by atoms with Crippen LogP contribution in [0.25, 0.3) is 0 Å². The highest BCUT2D eigenvalue weighted by Gasteiger charge is 2.20. The summed E-state index contributed by atoms with van der Waals surface area (Å²) in [6, 6.07) is 0. The lowest BCUT2D eigenvalue weighted by Crippen LogP contribution is -2.37. The van der Waals surface area contributed by atoms with Crippen LogP contribution in [0.5, 0.6) is 0 Å². The Morgan fingerprint density at radius 1 is 0.844 bits per heavy atom. The topological polar surface area (TPSA) is 94.1 Å². The van der Waals surface area contributed by atoms with Crippen molar-refractivity contribution in [3.8, 4) is 0 Å². The van der Waals surface area contributed by atoms with E-state index >= 15 is 0 Å². The fourth-order valence-electron chi connectivity index (χ4n) is 2.89. The summed E-state index contributed by atoms with van der Waals surface area (Å²) in [5.74, 6) is -0.357. The Balaban J connectivity index is 4.44. The summed E-state index contributed by atoms with van der Waals surface area (Å²) in [6.45, 7) is 5.19. The SMILES string of the molecule is CCCCCCCCOCC(COP(=O)([O-])OCC[N+](C)(C)C)OC(=O)CCCCCC. The second-order valence-corrected chi connectivity index (χ2v) is 10.8. The first-order valence-electron chi connectivity index (χ1n) is 12.3. The van der Waals surface area contributed by atoms with E-state index in [4.69, 9.17) is 18.5 Å². The van der Waals surface area contributed by atoms with Crippen molar-refractivity contribution in [2.45, 2.75) is 90.6 Å². The number of likely N-dealkylation sites (N-methyl/N-ethyl adjacent to an activating group) is 1. The normalized spacial score (nSPS) is 14.8. The van der Waals surface area contributed by atoms with Gasteiger partial charge in [-0.05, 0) is 12.8 Å². The van der Waals surface area contributed by atoms with Gasteiger partial charge >= 0.3 is 5.97 Å². The van der Waals surface area contributed by atoms with Gasteiger partial charge in [-0.2, -0.15) is 0 Å². The van der Waals surface area contributed by atoms with Gasteiger partial charge < -0.3 is 27.9 Å². The fourth-order valence-corrected chi connectivity index (χ4v) is 3.62. The molecule has 9 heteroatoms. The van der Waals surface area contributed by atoms with E-state index in [0.717, 1.165) is 38.5 Å². The maximum absolute atomic E-state index is 12.1. The van der Waals surface area contributed by atoms with Gasteiger partial charge in [0.15, 0.2) is 0 Å². The summed E-state index contributed by atoms with van der Waals surface area (Å²) < 4.78 is 33.6. The van der Waals surface area contributed by atoms with E-state index in [1.54, 1.807) is 0 Å². The van der Waals surface area contributed by atoms with Crippen LogP contribution in [-0.4, -0.2) is 70.7 Å². The molecule has 0 spiro atoms. The number of unbranched alkanes of at least 4 members (excludes halogenated alkanes) is 8. The molecule has 32 heavy (non-hydrogen) atoms. The lowest BCUT2D eigenvalue weighted by Gasteiger charge is -2.28. The predicted molar refractivity (Wildman–Crippen MR) is 125 cm³/mol. The molecule has 8 nitrogen and oxygen atoms in total. The van der Waals surface area contributed by atoms with Crippen molar-refractivity contribution < 1.29 is 37.3 Å². The number of phosphoric acid groups is 1. The Labute approximate surface area is 196 Å². The van der Waals surface area contributed by atoms with Crippen molar-refractivity contribution in [3.63, 3.8) is 0 Å². The number of hydrogen-bond acceptors (Lipinski definition) is 7. The number of rotatable bonds is 22. The van der Waals surface area contributed by atoms with E-state index in [9.17, 15) is 14.3 Å². The van der Waals surface area contributed by atoms with Crippen LogP contribution in [0.3, 0.4) is 0 Å². The van der Waals surface area contributed by atoms with E-state index in [2.05, 4.69) is 13.8 Å². The third-order valence-corrected chi connectivity index (χ3v) is 5.87. The van der Waals surface area contributed by atoms with Gasteiger partial charge in [0.25, 0.3) is 7.82 Å². The Bertz CT molecular complexity index is 511. The largest absolute Gasteiger partial charge is 0.756 e. The lowest BCUT2D eigenvalue weighted by molar-refractivity contribution is -0.870. The van der Waals surface area contributed by atoms with Crippen LogP contribution in [0.2, 0.25) is 0 Å². The molecule has 0 aliphatic heterocycles. The molecule has 0 saturated heterocycles. The molecule has 0 heterocycles. The third-order valence-electron chi connectivity index (χ3n) is 4.91. The standard InChI is InChI=1S/C23H48NO7P/c1-6-8-10-12-13-15-18-28-20-22(31-23(25)16-14-11-9-7-2)21-30-32(26,27)29-19-17-24(3,4)5/h22H,6-21H2,1-5H3. The number of carbonyl (C=O) groups is 1. The highest BCUT2D eigenvalue weighted by atomic mass is 31.2. The zero-order chi connectivity index (χ0) is 24.3. The number of carbonyl (C=O) groups excluding carboxylic acids is 1. The summed E-state index contributed by atoms with van der Waals surface area (Å²) in [5.41, 5.74) is 0. The Hall–Kier alpha value is -0.500. The minimum atomic E-state index is -4.47. The van der Waals surface area contributed by atoms with Crippen LogP contribution in [0.1, 0.15) is 84.5 Å². The number of hydrogen-bond donors (Lipinski definition) is 0. The van der Waals surface area contributed by atoms with Crippen LogP contribution in [0, 0.1) is 0 Å². The highest BCUT2D eigenvalue weighted by molar-refractivity contribution is 7.45. The molecule has 0 radical (unpaired) electrons. The first-order chi connectivity index (χ1) is 15.1. The van der Waals surface area contributed by atoms with Gasteiger partial charge in [0.05, 0.1) is 34.4 Å². The molecule has 2 unspecified atom stereocenters. The second kappa shape index (κ2) is 18.9. The monoisotopic (exact) mass is 481 g/mol. The Morgan fingerprint density at radius 2 is 1.44 bits per heavy atom. The fraction of sp³-hybridized carbons (Fsp3) is 0.957. The number of nitrogens with zero attached hydrogens (tertiary/aromatic N) is 1. The van der Waals surface area contributed by atoms with Crippen LogP contribution in [-0.2, 0) is 27.9 Å². The third kappa shape index (κ3) is 21.4. The summed E-state index contributed by atoms with van der Waals surface area (Å²) >= 11 is 0. The molecule has 0 aromatic heterocycles. The molecule has 0 fully saturated rings. The van der Waals surface area contributed by atoms with E-state index in [1.165, 1.54) is 25.7 Å².